The summed E-state index contributed by atoms with van der Waals surface area (Å²) in [7, 11) is 0. The van der Waals surface area contributed by atoms with E-state index in [1.165, 1.54) is 12.1 Å². The molecule has 0 aromatic heterocycles. The first-order valence-electron chi connectivity index (χ1n) is 4.93. The second-order valence-electron chi connectivity index (χ2n) is 3.65. The van der Waals surface area contributed by atoms with Crippen LogP contribution in [0.5, 0.6) is 0 Å². The third-order valence-electron chi connectivity index (χ3n) is 2.37. The summed E-state index contributed by atoms with van der Waals surface area (Å²) in [5.74, 6) is 0. The Morgan fingerprint density at radius 3 is 2.29 bits per heavy atom. The Morgan fingerprint density at radius 2 is 1.71 bits per heavy atom. The highest BCUT2D eigenvalue weighted by molar-refractivity contribution is 6.30. The van der Waals surface area contributed by atoms with Crippen LogP contribution in [0.3, 0.4) is 0 Å². The van der Waals surface area contributed by atoms with Gasteiger partial charge in [0.15, 0.2) is 0 Å². The Kier molecular flexibility index (Phi) is 3.11. The summed E-state index contributed by atoms with van der Waals surface area (Å²) in [5, 5.41) is 11.4. The summed E-state index contributed by atoms with van der Waals surface area (Å²) >= 11 is 5.79. The number of hydrogen-bond acceptors (Lipinski definition) is 2. The lowest BCUT2D eigenvalue weighted by atomic mass is 10.0. The van der Waals surface area contributed by atoms with Crippen molar-refractivity contribution in [3.63, 3.8) is 0 Å². The number of benzene rings is 2. The smallest absolute Gasteiger partial charge is 0.258 e. The zero-order valence-corrected chi connectivity index (χ0v) is 9.65. The molecule has 3 nitrogen and oxygen atoms in total. The van der Waals surface area contributed by atoms with Gasteiger partial charge in [-0.05, 0) is 35.7 Å². The van der Waals surface area contributed by atoms with E-state index in [1.54, 1.807) is 18.2 Å². The highest BCUT2D eigenvalue weighted by Gasteiger charge is 2.09. The number of nitro benzene ring substituents is 1. The van der Waals surface area contributed by atoms with E-state index < -0.39 is 4.92 Å². The van der Waals surface area contributed by atoms with Gasteiger partial charge in [0, 0.05) is 17.2 Å². The number of halogens is 1. The molecule has 1 radical (unpaired) electrons. The monoisotopic (exact) mass is 246 g/mol. The van der Waals surface area contributed by atoms with Crippen LogP contribution >= 0.6 is 11.6 Å². The van der Waals surface area contributed by atoms with Crippen LogP contribution in [0.15, 0.2) is 42.5 Å². The lowest BCUT2D eigenvalue weighted by Crippen LogP contribution is -1.90. The molecule has 0 fully saturated rings. The third kappa shape index (κ3) is 2.63. The van der Waals surface area contributed by atoms with E-state index in [1.807, 2.05) is 12.1 Å². The van der Waals surface area contributed by atoms with Crippen LogP contribution in [-0.4, -0.2) is 4.92 Å². The van der Waals surface area contributed by atoms with Crippen molar-refractivity contribution in [2.45, 2.75) is 0 Å². The van der Waals surface area contributed by atoms with E-state index in [9.17, 15) is 10.1 Å². The fourth-order valence-electron chi connectivity index (χ4n) is 1.59. The molecule has 0 spiro atoms. The molecular formula is C13H9ClNO2. The third-order valence-corrected chi connectivity index (χ3v) is 2.62. The molecule has 0 N–H and O–H groups in total. The molecule has 0 aliphatic carbocycles. The Balaban J connectivity index is 2.51. The van der Waals surface area contributed by atoms with E-state index in [4.69, 9.17) is 11.6 Å². The largest absolute Gasteiger partial charge is 0.270 e. The molecular weight excluding hydrogens is 238 g/mol. The summed E-state index contributed by atoms with van der Waals surface area (Å²) < 4.78 is 0. The molecule has 0 atom stereocenters. The number of non-ortho nitro benzene ring substituents is 1. The minimum Gasteiger partial charge on any atom is -0.258 e. The summed E-state index contributed by atoms with van der Waals surface area (Å²) in [6, 6.07) is 11.9. The molecule has 17 heavy (non-hydrogen) atoms. The van der Waals surface area contributed by atoms with Crippen LogP contribution in [0.2, 0.25) is 5.02 Å². The fourth-order valence-corrected chi connectivity index (χ4v) is 1.71. The molecule has 0 saturated carbocycles. The average molecular weight is 247 g/mol. The van der Waals surface area contributed by atoms with Crippen LogP contribution in [0.25, 0.3) is 11.1 Å². The van der Waals surface area contributed by atoms with E-state index >= 15 is 0 Å². The minimum atomic E-state index is -0.423. The average Bonchev–Trinajstić information content (AvgIpc) is 2.29. The highest BCUT2D eigenvalue weighted by atomic mass is 35.5. The molecule has 0 heterocycles. The second kappa shape index (κ2) is 4.55. The Bertz CT molecular complexity index is 564. The molecule has 2 aromatic rings. The van der Waals surface area contributed by atoms with Gasteiger partial charge in [-0.3, -0.25) is 10.1 Å². The van der Waals surface area contributed by atoms with Crippen molar-refractivity contribution in [3.05, 3.63) is 70.1 Å². The van der Waals surface area contributed by atoms with Gasteiger partial charge in [0.05, 0.1) is 4.92 Å². The summed E-state index contributed by atoms with van der Waals surface area (Å²) in [4.78, 5) is 10.3. The zero-order valence-electron chi connectivity index (χ0n) is 8.89. The minimum absolute atomic E-state index is 0.0439. The quantitative estimate of drug-likeness (QED) is 0.591. The number of hydrogen-bond donors (Lipinski definition) is 0. The normalized spacial score (nSPS) is 10.2. The molecule has 0 saturated heterocycles. The SMILES string of the molecule is [CH2]c1cc(-c2ccc(Cl)cc2)cc([N+](=O)[O-])c1. The fraction of sp³-hybridized carbons (Fsp3) is 0. The van der Waals surface area contributed by atoms with Gasteiger partial charge in [0.1, 0.15) is 0 Å². The molecule has 0 amide bonds. The van der Waals surface area contributed by atoms with E-state index in [0.29, 0.717) is 10.6 Å². The van der Waals surface area contributed by atoms with Crippen molar-refractivity contribution in [3.8, 4) is 11.1 Å². The van der Waals surface area contributed by atoms with Gasteiger partial charge in [0.2, 0.25) is 0 Å². The Morgan fingerprint density at radius 1 is 1.06 bits per heavy atom. The molecule has 0 aliphatic rings. The van der Waals surface area contributed by atoms with E-state index in [0.717, 1.165) is 11.1 Å². The Hall–Kier alpha value is -1.87. The van der Waals surface area contributed by atoms with Crippen molar-refractivity contribution in [2.75, 3.05) is 0 Å². The number of nitrogens with zero attached hydrogens (tertiary/aromatic N) is 1. The summed E-state index contributed by atoms with van der Waals surface area (Å²) in [6.45, 7) is 3.74. The first kappa shape index (κ1) is 11.6. The molecule has 2 aromatic carbocycles. The Labute approximate surface area is 104 Å². The van der Waals surface area contributed by atoms with E-state index in [-0.39, 0.29) is 5.69 Å². The summed E-state index contributed by atoms with van der Waals surface area (Å²) in [6.07, 6.45) is 0. The van der Waals surface area contributed by atoms with Crippen molar-refractivity contribution >= 4 is 17.3 Å². The first-order chi connectivity index (χ1) is 8.06. The predicted octanol–water partition coefficient (Wildman–Crippen LogP) is 4.10. The topological polar surface area (TPSA) is 43.1 Å². The maximum atomic E-state index is 10.7. The van der Waals surface area contributed by atoms with Crippen LogP contribution in [0, 0.1) is 17.0 Å². The number of rotatable bonds is 2. The van der Waals surface area contributed by atoms with Crippen molar-refractivity contribution in [1.82, 2.24) is 0 Å². The lowest BCUT2D eigenvalue weighted by Gasteiger charge is -2.03. The van der Waals surface area contributed by atoms with Crippen LogP contribution in [0.4, 0.5) is 5.69 Å². The molecule has 85 valence electrons. The van der Waals surface area contributed by atoms with Crippen LogP contribution in [0.1, 0.15) is 5.56 Å². The summed E-state index contributed by atoms with van der Waals surface area (Å²) in [5.41, 5.74) is 2.30. The van der Waals surface area contributed by atoms with Crippen LogP contribution < -0.4 is 0 Å². The predicted molar refractivity (Wildman–Crippen MR) is 68.0 cm³/mol. The first-order valence-corrected chi connectivity index (χ1v) is 5.31. The number of nitro groups is 1. The molecule has 0 aliphatic heterocycles. The van der Waals surface area contributed by atoms with Crippen molar-refractivity contribution < 1.29 is 4.92 Å². The van der Waals surface area contributed by atoms with Gasteiger partial charge in [-0.15, -0.1) is 0 Å². The van der Waals surface area contributed by atoms with Crippen molar-refractivity contribution in [2.24, 2.45) is 0 Å². The van der Waals surface area contributed by atoms with Crippen molar-refractivity contribution in [1.29, 1.82) is 0 Å². The van der Waals surface area contributed by atoms with Gasteiger partial charge in [-0.25, -0.2) is 0 Å². The van der Waals surface area contributed by atoms with Crippen LogP contribution in [-0.2, 0) is 0 Å². The highest BCUT2D eigenvalue weighted by Crippen LogP contribution is 2.26. The van der Waals surface area contributed by atoms with Gasteiger partial charge < -0.3 is 0 Å². The maximum absolute atomic E-state index is 10.7. The van der Waals surface area contributed by atoms with Gasteiger partial charge >= 0.3 is 0 Å². The molecule has 0 bridgehead atoms. The lowest BCUT2D eigenvalue weighted by molar-refractivity contribution is -0.384. The standard InChI is InChI=1S/C13H9ClNO2/c1-9-6-11(8-13(7-9)15(16)17)10-2-4-12(14)5-3-10/h2-8H,1H2. The van der Waals surface area contributed by atoms with Gasteiger partial charge in [-0.1, -0.05) is 29.8 Å². The molecule has 2 rings (SSSR count). The van der Waals surface area contributed by atoms with E-state index in [2.05, 4.69) is 6.92 Å². The molecule has 4 heteroatoms. The second-order valence-corrected chi connectivity index (χ2v) is 4.09. The zero-order chi connectivity index (χ0) is 12.4. The van der Waals surface area contributed by atoms with Gasteiger partial charge in [0.25, 0.3) is 5.69 Å². The maximum Gasteiger partial charge on any atom is 0.270 e. The van der Waals surface area contributed by atoms with Gasteiger partial charge in [-0.2, -0.15) is 0 Å². The molecule has 0 unspecified atom stereocenters.